The number of carbonyl (C=O) groups excluding carboxylic acids is 1. The molecule has 0 aliphatic carbocycles. The van der Waals surface area contributed by atoms with Gasteiger partial charge in [0.25, 0.3) is 0 Å². The molecular formula is C14H15N3O2. The Kier molecular flexibility index (Phi) is 2.74. The molecule has 19 heavy (non-hydrogen) atoms. The summed E-state index contributed by atoms with van der Waals surface area (Å²) in [5.74, 6) is 1.02. The van der Waals surface area contributed by atoms with Crippen LogP contribution in [0.4, 0.5) is 5.82 Å². The van der Waals surface area contributed by atoms with Crippen LogP contribution >= 0.6 is 0 Å². The Morgan fingerprint density at radius 3 is 2.95 bits per heavy atom. The summed E-state index contributed by atoms with van der Waals surface area (Å²) < 4.78 is 5.52. The molecule has 0 radical (unpaired) electrons. The zero-order valence-electron chi connectivity index (χ0n) is 10.9. The van der Waals surface area contributed by atoms with Crippen LogP contribution in [0.3, 0.4) is 0 Å². The van der Waals surface area contributed by atoms with Gasteiger partial charge in [-0.1, -0.05) is 18.2 Å². The Balaban J connectivity index is 1.81. The van der Waals surface area contributed by atoms with Gasteiger partial charge in [0.15, 0.2) is 5.82 Å². The van der Waals surface area contributed by atoms with Gasteiger partial charge in [-0.05, 0) is 19.9 Å². The van der Waals surface area contributed by atoms with Crippen LogP contribution in [0.5, 0.6) is 5.75 Å². The fraction of sp³-hybridized carbons (Fsp3) is 0.286. The molecule has 0 bridgehead atoms. The third kappa shape index (κ3) is 1.97. The van der Waals surface area contributed by atoms with Crippen LogP contribution in [-0.2, 0) is 4.79 Å². The number of amides is 1. The van der Waals surface area contributed by atoms with Gasteiger partial charge >= 0.3 is 0 Å². The van der Waals surface area contributed by atoms with Gasteiger partial charge < -0.3 is 10.1 Å². The summed E-state index contributed by atoms with van der Waals surface area (Å²) >= 11 is 0. The Bertz CT molecular complexity index is 633. The first-order valence-corrected chi connectivity index (χ1v) is 6.21. The normalized spacial score (nSPS) is 16.8. The molecule has 1 aliphatic rings. The number of nitrogens with zero attached hydrogens (tertiary/aromatic N) is 1. The van der Waals surface area contributed by atoms with Gasteiger partial charge in [0.05, 0.1) is 0 Å². The lowest BCUT2D eigenvalue weighted by atomic mass is 10.0. The van der Waals surface area contributed by atoms with Crippen molar-refractivity contribution in [3.63, 3.8) is 0 Å². The zero-order valence-corrected chi connectivity index (χ0v) is 10.9. The fourth-order valence-corrected chi connectivity index (χ4v) is 2.19. The van der Waals surface area contributed by atoms with E-state index in [0.29, 0.717) is 12.4 Å². The molecule has 0 saturated heterocycles. The summed E-state index contributed by atoms with van der Waals surface area (Å²) in [6.45, 7) is 4.23. The van der Waals surface area contributed by atoms with E-state index in [0.717, 1.165) is 22.6 Å². The second kappa shape index (κ2) is 4.42. The van der Waals surface area contributed by atoms with E-state index in [4.69, 9.17) is 4.74 Å². The third-order valence-electron chi connectivity index (χ3n) is 3.51. The number of hydrogen-bond acceptors (Lipinski definition) is 3. The van der Waals surface area contributed by atoms with Crippen molar-refractivity contribution in [2.24, 2.45) is 0 Å². The smallest absolute Gasteiger partial charge is 0.236 e. The van der Waals surface area contributed by atoms with Crippen LogP contribution in [0.15, 0.2) is 24.3 Å². The summed E-state index contributed by atoms with van der Waals surface area (Å²) in [4.78, 5) is 12.3. The summed E-state index contributed by atoms with van der Waals surface area (Å²) in [5, 5.41) is 9.79. The largest absolute Gasteiger partial charge is 0.492 e. The maximum Gasteiger partial charge on any atom is 0.236 e. The maximum atomic E-state index is 12.3. The van der Waals surface area contributed by atoms with Crippen molar-refractivity contribution in [1.82, 2.24) is 10.2 Å². The van der Waals surface area contributed by atoms with E-state index in [1.165, 1.54) is 0 Å². The van der Waals surface area contributed by atoms with Gasteiger partial charge in [-0.25, -0.2) is 0 Å². The molecule has 1 amide bonds. The van der Waals surface area contributed by atoms with Crippen molar-refractivity contribution in [2.75, 3.05) is 11.9 Å². The maximum absolute atomic E-state index is 12.3. The molecule has 1 aromatic heterocycles. The molecule has 1 aliphatic heterocycles. The van der Waals surface area contributed by atoms with Crippen molar-refractivity contribution >= 4 is 11.7 Å². The predicted molar refractivity (Wildman–Crippen MR) is 71.4 cm³/mol. The molecule has 1 atom stereocenters. The highest BCUT2D eigenvalue weighted by molar-refractivity contribution is 5.96. The number of nitrogens with one attached hydrogen (secondary N) is 2. The number of carbonyl (C=O) groups is 1. The molecule has 0 fully saturated rings. The Hall–Kier alpha value is -2.30. The van der Waals surface area contributed by atoms with E-state index in [2.05, 4.69) is 15.5 Å². The van der Waals surface area contributed by atoms with E-state index in [9.17, 15) is 4.79 Å². The van der Waals surface area contributed by atoms with Crippen LogP contribution in [0.25, 0.3) is 0 Å². The molecule has 2 aromatic rings. The van der Waals surface area contributed by atoms with E-state index < -0.39 is 0 Å². The standard InChI is InChI=1S/C14H15N3O2/c1-8-9(2)16-17-13(8)15-14(18)11-7-19-12-6-4-3-5-10(11)12/h3-6,11H,7H2,1-2H3,(H2,15,16,17,18). The Morgan fingerprint density at radius 2 is 2.21 bits per heavy atom. The minimum Gasteiger partial charge on any atom is -0.492 e. The van der Waals surface area contributed by atoms with Crippen LogP contribution in [0, 0.1) is 13.8 Å². The number of aryl methyl sites for hydroxylation is 1. The van der Waals surface area contributed by atoms with Crippen molar-refractivity contribution in [3.05, 3.63) is 41.1 Å². The minimum absolute atomic E-state index is 0.0837. The first kappa shape index (κ1) is 11.8. The molecule has 5 nitrogen and oxygen atoms in total. The third-order valence-corrected chi connectivity index (χ3v) is 3.51. The molecule has 1 unspecified atom stereocenters. The van der Waals surface area contributed by atoms with E-state index in [1.807, 2.05) is 38.1 Å². The van der Waals surface area contributed by atoms with Crippen LogP contribution in [0.1, 0.15) is 22.7 Å². The van der Waals surface area contributed by atoms with Gasteiger partial charge in [-0.3, -0.25) is 9.89 Å². The average Bonchev–Trinajstić information content (AvgIpc) is 2.97. The lowest BCUT2D eigenvalue weighted by Crippen LogP contribution is -2.22. The van der Waals surface area contributed by atoms with Crippen LogP contribution < -0.4 is 10.1 Å². The van der Waals surface area contributed by atoms with Crippen LogP contribution in [-0.4, -0.2) is 22.7 Å². The van der Waals surface area contributed by atoms with E-state index >= 15 is 0 Å². The van der Waals surface area contributed by atoms with E-state index in [-0.39, 0.29) is 11.8 Å². The first-order valence-electron chi connectivity index (χ1n) is 6.21. The number of hydrogen-bond donors (Lipinski definition) is 2. The summed E-state index contributed by atoms with van der Waals surface area (Å²) in [7, 11) is 0. The summed E-state index contributed by atoms with van der Waals surface area (Å²) in [5.41, 5.74) is 2.85. The van der Waals surface area contributed by atoms with Crippen molar-refractivity contribution in [1.29, 1.82) is 0 Å². The Morgan fingerprint density at radius 1 is 1.42 bits per heavy atom. The molecule has 0 spiro atoms. The number of aromatic nitrogens is 2. The highest BCUT2D eigenvalue weighted by Crippen LogP contribution is 2.34. The second-order valence-electron chi connectivity index (χ2n) is 4.71. The number of benzene rings is 1. The number of rotatable bonds is 2. The summed E-state index contributed by atoms with van der Waals surface area (Å²) in [6.07, 6.45) is 0. The number of para-hydroxylation sites is 1. The molecule has 3 rings (SSSR count). The molecule has 2 N–H and O–H groups in total. The molecule has 0 saturated carbocycles. The topological polar surface area (TPSA) is 67.0 Å². The molecule has 98 valence electrons. The predicted octanol–water partition coefficient (Wildman–Crippen LogP) is 2.14. The van der Waals surface area contributed by atoms with Gasteiger partial charge in [-0.15, -0.1) is 0 Å². The number of ether oxygens (including phenoxy) is 1. The average molecular weight is 257 g/mol. The number of anilines is 1. The lowest BCUT2D eigenvalue weighted by molar-refractivity contribution is -0.117. The van der Waals surface area contributed by atoms with E-state index in [1.54, 1.807) is 0 Å². The quantitative estimate of drug-likeness (QED) is 0.866. The van der Waals surface area contributed by atoms with Gasteiger partial charge in [0, 0.05) is 16.8 Å². The molecular weight excluding hydrogens is 242 g/mol. The lowest BCUT2D eigenvalue weighted by Gasteiger charge is -2.08. The van der Waals surface area contributed by atoms with Gasteiger partial charge in [-0.2, -0.15) is 5.10 Å². The number of H-pyrrole nitrogens is 1. The monoisotopic (exact) mass is 257 g/mol. The Labute approximate surface area is 111 Å². The highest BCUT2D eigenvalue weighted by Gasteiger charge is 2.30. The van der Waals surface area contributed by atoms with Crippen molar-refractivity contribution in [2.45, 2.75) is 19.8 Å². The van der Waals surface area contributed by atoms with Crippen LogP contribution in [0.2, 0.25) is 0 Å². The van der Waals surface area contributed by atoms with Gasteiger partial charge in [0.1, 0.15) is 18.3 Å². The SMILES string of the molecule is Cc1[nH]nc(NC(=O)C2COc3ccccc32)c1C. The number of aromatic amines is 1. The first-order chi connectivity index (χ1) is 9.16. The minimum atomic E-state index is -0.271. The zero-order chi connectivity index (χ0) is 13.4. The molecule has 1 aromatic carbocycles. The van der Waals surface area contributed by atoms with Crippen molar-refractivity contribution < 1.29 is 9.53 Å². The fourth-order valence-electron chi connectivity index (χ4n) is 2.19. The summed E-state index contributed by atoms with van der Waals surface area (Å²) in [6, 6.07) is 7.62. The molecule has 5 heteroatoms. The molecule has 2 heterocycles. The van der Waals surface area contributed by atoms with Crippen molar-refractivity contribution in [3.8, 4) is 5.75 Å². The second-order valence-corrected chi connectivity index (χ2v) is 4.71. The number of fused-ring (bicyclic) bond motifs is 1. The van der Waals surface area contributed by atoms with Gasteiger partial charge in [0.2, 0.25) is 5.91 Å². The highest BCUT2D eigenvalue weighted by atomic mass is 16.5.